The molecule has 0 spiro atoms. The van der Waals surface area contributed by atoms with Crippen molar-refractivity contribution in [2.75, 3.05) is 0 Å². The molecule has 16 heavy (non-hydrogen) atoms. The van der Waals surface area contributed by atoms with Gasteiger partial charge in [-0.05, 0) is 38.5 Å². The van der Waals surface area contributed by atoms with Crippen molar-refractivity contribution in [2.45, 2.75) is 26.8 Å². The molecule has 1 aromatic carbocycles. The number of hydrogen-bond acceptors (Lipinski definition) is 2. The van der Waals surface area contributed by atoms with Crippen molar-refractivity contribution >= 4 is 15.9 Å². The lowest BCUT2D eigenvalue weighted by Gasteiger charge is -2.11. The van der Waals surface area contributed by atoms with Crippen LogP contribution in [-0.4, -0.2) is 14.8 Å². The summed E-state index contributed by atoms with van der Waals surface area (Å²) in [7, 11) is 0. The molecule has 0 amide bonds. The van der Waals surface area contributed by atoms with Gasteiger partial charge in [0.25, 0.3) is 0 Å². The second kappa shape index (κ2) is 4.37. The van der Waals surface area contributed by atoms with Gasteiger partial charge in [-0.25, -0.2) is 0 Å². The average Bonchev–Trinajstić information content (AvgIpc) is 2.66. The Bertz CT molecular complexity index is 503. The number of halogens is 1. The molecule has 0 aliphatic carbocycles. The normalized spacial score (nSPS) is 11.1. The molecular formula is C12H14BrN3. The van der Waals surface area contributed by atoms with Gasteiger partial charge < -0.3 is 4.57 Å². The van der Waals surface area contributed by atoms with Crippen LogP contribution >= 0.6 is 15.9 Å². The zero-order valence-corrected chi connectivity index (χ0v) is 11.2. The Morgan fingerprint density at radius 3 is 2.69 bits per heavy atom. The van der Waals surface area contributed by atoms with Crippen LogP contribution in [0.5, 0.6) is 0 Å². The summed E-state index contributed by atoms with van der Waals surface area (Å²) in [6.45, 7) is 6.31. The highest BCUT2D eigenvalue weighted by Crippen LogP contribution is 2.28. The highest BCUT2D eigenvalue weighted by Gasteiger charge is 2.12. The van der Waals surface area contributed by atoms with Crippen molar-refractivity contribution in [2.24, 2.45) is 0 Å². The van der Waals surface area contributed by atoms with Crippen molar-refractivity contribution in [3.8, 4) is 11.4 Å². The van der Waals surface area contributed by atoms with Gasteiger partial charge in [-0.2, -0.15) is 0 Å². The summed E-state index contributed by atoms with van der Waals surface area (Å²) in [6, 6.07) is 6.61. The van der Waals surface area contributed by atoms with Gasteiger partial charge in [0, 0.05) is 16.1 Å². The molecule has 0 unspecified atom stereocenters. The van der Waals surface area contributed by atoms with E-state index in [0.717, 1.165) is 15.9 Å². The van der Waals surface area contributed by atoms with Gasteiger partial charge in [0.05, 0.1) is 0 Å². The van der Waals surface area contributed by atoms with Gasteiger partial charge in [-0.15, -0.1) is 10.2 Å². The van der Waals surface area contributed by atoms with Gasteiger partial charge in [0.1, 0.15) is 6.33 Å². The highest BCUT2D eigenvalue weighted by molar-refractivity contribution is 9.10. The molecule has 2 rings (SSSR count). The molecule has 4 heteroatoms. The van der Waals surface area contributed by atoms with E-state index in [4.69, 9.17) is 0 Å². The van der Waals surface area contributed by atoms with Gasteiger partial charge >= 0.3 is 0 Å². The quantitative estimate of drug-likeness (QED) is 0.841. The van der Waals surface area contributed by atoms with E-state index in [0.29, 0.717) is 6.04 Å². The minimum absolute atomic E-state index is 0.359. The van der Waals surface area contributed by atoms with Gasteiger partial charge in [0.2, 0.25) is 0 Å². The van der Waals surface area contributed by atoms with Crippen LogP contribution in [0.15, 0.2) is 29.0 Å². The Labute approximate surface area is 104 Å². The van der Waals surface area contributed by atoms with E-state index in [1.807, 2.05) is 0 Å². The lowest BCUT2D eigenvalue weighted by molar-refractivity contribution is 0.604. The minimum Gasteiger partial charge on any atom is -0.311 e. The molecule has 0 aliphatic heterocycles. The maximum Gasteiger partial charge on any atom is 0.165 e. The molecule has 0 N–H and O–H groups in total. The van der Waals surface area contributed by atoms with E-state index in [9.17, 15) is 0 Å². The first-order chi connectivity index (χ1) is 7.59. The van der Waals surface area contributed by atoms with E-state index >= 15 is 0 Å². The number of benzene rings is 1. The fraction of sp³-hybridized carbons (Fsp3) is 0.333. The SMILES string of the molecule is Cc1ccc(-c2nncn2C(C)C)c(Br)c1. The maximum absolute atomic E-state index is 4.18. The zero-order valence-electron chi connectivity index (χ0n) is 9.61. The molecule has 0 saturated carbocycles. The van der Waals surface area contributed by atoms with Crippen molar-refractivity contribution in [3.05, 3.63) is 34.6 Å². The van der Waals surface area contributed by atoms with Crippen LogP contribution in [0.2, 0.25) is 0 Å². The number of hydrogen-bond donors (Lipinski definition) is 0. The van der Waals surface area contributed by atoms with Crippen LogP contribution < -0.4 is 0 Å². The molecule has 1 heterocycles. The molecular weight excluding hydrogens is 266 g/mol. The van der Waals surface area contributed by atoms with Gasteiger partial charge in [-0.1, -0.05) is 22.0 Å². The second-order valence-corrected chi connectivity index (χ2v) is 4.99. The summed E-state index contributed by atoms with van der Waals surface area (Å²) >= 11 is 3.57. The fourth-order valence-electron chi connectivity index (χ4n) is 1.61. The monoisotopic (exact) mass is 279 g/mol. The molecule has 0 bridgehead atoms. The van der Waals surface area contributed by atoms with E-state index in [-0.39, 0.29) is 0 Å². The summed E-state index contributed by atoms with van der Waals surface area (Å²) in [5.41, 5.74) is 2.31. The minimum atomic E-state index is 0.359. The smallest absolute Gasteiger partial charge is 0.165 e. The summed E-state index contributed by atoms with van der Waals surface area (Å²) in [6.07, 6.45) is 1.77. The van der Waals surface area contributed by atoms with Gasteiger partial charge in [0.15, 0.2) is 5.82 Å². The first-order valence-electron chi connectivity index (χ1n) is 5.25. The van der Waals surface area contributed by atoms with Crippen molar-refractivity contribution in [1.82, 2.24) is 14.8 Å². The summed E-state index contributed by atoms with van der Waals surface area (Å²) in [4.78, 5) is 0. The number of nitrogens with zero attached hydrogens (tertiary/aromatic N) is 3. The number of aryl methyl sites for hydroxylation is 1. The second-order valence-electron chi connectivity index (χ2n) is 4.14. The highest BCUT2D eigenvalue weighted by atomic mass is 79.9. The first-order valence-corrected chi connectivity index (χ1v) is 6.05. The number of aromatic nitrogens is 3. The average molecular weight is 280 g/mol. The van der Waals surface area contributed by atoms with E-state index in [1.165, 1.54) is 5.56 Å². The predicted molar refractivity (Wildman–Crippen MR) is 68.3 cm³/mol. The predicted octanol–water partition coefficient (Wildman–Crippen LogP) is 3.60. The van der Waals surface area contributed by atoms with Gasteiger partial charge in [-0.3, -0.25) is 0 Å². The third-order valence-electron chi connectivity index (χ3n) is 2.49. The molecule has 0 fully saturated rings. The molecule has 0 atom stereocenters. The topological polar surface area (TPSA) is 30.7 Å². The van der Waals surface area contributed by atoms with Crippen molar-refractivity contribution < 1.29 is 0 Å². The molecule has 0 aliphatic rings. The summed E-state index contributed by atoms with van der Waals surface area (Å²) in [5.74, 6) is 0.905. The molecule has 0 radical (unpaired) electrons. The first kappa shape index (κ1) is 11.3. The van der Waals surface area contributed by atoms with E-state index in [2.05, 4.69) is 69.7 Å². The Kier molecular flexibility index (Phi) is 3.10. The Morgan fingerprint density at radius 1 is 1.31 bits per heavy atom. The third-order valence-corrected chi connectivity index (χ3v) is 3.15. The lowest BCUT2D eigenvalue weighted by Crippen LogP contribution is -2.02. The lowest BCUT2D eigenvalue weighted by atomic mass is 10.1. The van der Waals surface area contributed by atoms with E-state index in [1.54, 1.807) is 6.33 Å². The zero-order chi connectivity index (χ0) is 11.7. The van der Waals surface area contributed by atoms with Crippen LogP contribution in [0.1, 0.15) is 25.5 Å². The van der Waals surface area contributed by atoms with Crippen LogP contribution in [0.4, 0.5) is 0 Å². The van der Waals surface area contributed by atoms with Crippen molar-refractivity contribution in [1.29, 1.82) is 0 Å². The fourth-order valence-corrected chi connectivity index (χ4v) is 2.29. The number of rotatable bonds is 2. The van der Waals surface area contributed by atoms with E-state index < -0.39 is 0 Å². The summed E-state index contributed by atoms with van der Waals surface area (Å²) < 4.78 is 3.12. The van der Waals surface area contributed by atoms with Crippen LogP contribution in [0.25, 0.3) is 11.4 Å². The molecule has 84 valence electrons. The van der Waals surface area contributed by atoms with Crippen LogP contribution in [0, 0.1) is 6.92 Å². The van der Waals surface area contributed by atoms with Crippen molar-refractivity contribution in [3.63, 3.8) is 0 Å². The summed E-state index contributed by atoms with van der Waals surface area (Å²) in [5, 5.41) is 8.16. The maximum atomic E-state index is 4.18. The molecule has 3 nitrogen and oxygen atoms in total. The van der Waals surface area contributed by atoms with Crippen LogP contribution in [0.3, 0.4) is 0 Å². The Balaban J connectivity index is 2.54. The largest absolute Gasteiger partial charge is 0.311 e. The Hall–Kier alpha value is -1.16. The molecule has 0 saturated heterocycles. The standard InChI is InChI=1S/C12H14BrN3/c1-8(2)16-7-14-15-12(16)10-5-4-9(3)6-11(10)13/h4-8H,1-3H3. The molecule has 2 aromatic rings. The Morgan fingerprint density at radius 2 is 2.06 bits per heavy atom. The third kappa shape index (κ3) is 2.02. The van der Waals surface area contributed by atoms with Crippen LogP contribution in [-0.2, 0) is 0 Å². The molecule has 1 aromatic heterocycles.